The van der Waals surface area contributed by atoms with Crippen LogP contribution in [0.2, 0.25) is 0 Å². The van der Waals surface area contributed by atoms with Crippen LogP contribution < -0.4 is 10.0 Å². The summed E-state index contributed by atoms with van der Waals surface area (Å²) in [5.41, 5.74) is -0.405. The van der Waals surface area contributed by atoms with Gasteiger partial charge >= 0.3 is 0 Å². The molecule has 0 saturated carbocycles. The van der Waals surface area contributed by atoms with E-state index in [0.717, 1.165) is 4.88 Å². The van der Waals surface area contributed by atoms with Crippen LogP contribution in [-0.4, -0.2) is 33.2 Å². The number of nitrogens with one attached hydrogen (secondary N) is 2. The molecule has 7 heteroatoms. The van der Waals surface area contributed by atoms with Crippen LogP contribution in [0.15, 0.2) is 16.3 Å². The zero-order valence-corrected chi connectivity index (χ0v) is 14.4. The van der Waals surface area contributed by atoms with Crippen molar-refractivity contribution < 1.29 is 13.2 Å². The van der Waals surface area contributed by atoms with E-state index in [9.17, 15) is 8.42 Å². The van der Waals surface area contributed by atoms with E-state index < -0.39 is 15.6 Å². The molecule has 1 fully saturated rings. The van der Waals surface area contributed by atoms with Gasteiger partial charge in [-0.05, 0) is 31.9 Å². The first-order chi connectivity index (χ1) is 9.81. The minimum Gasteiger partial charge on any atom is -0.381 e. The van der Waals surface area contributed by atoms with Crippen molar-refractivity contribution in [2.75, 3.05) is 13.2 Å². The van der Waals surface area contributed by atoms with Crippen LogP contribution in [0.1, 0.15) is 38.5 Å². The number of hydrogen-bond donors (Lipinski definition) is 2. The van der Waals surface area contributed by atoms with Crippen LogP contribution in [0.5, 0.6) is 0 Å². The predicted octanol–water partition coefficient (Wildman–Crippen LogP) is 2.09. The zero-order chi connectivity index (χ0) is 15.5. The molecule has 21 heavy (non-hydrogen) atoms. The highest BCUT2D eigenvalue weighted by atomic mass is 32.2. The molecule has 0 unspecified atom stereocenters. The average molecular weight is 332 g/mol. The molecule has 120 valence electrons. The number of hydrogen-bond acceptors (Lipinski definition) is 5. The van der Waals surface area contributed by atoms with E-state index in [0.29, 0.717) is 42.9 Å². The molecule has 0 radical (unpaired) electrons. The van der Waals surface area contributed by atoms with Crippen molar-refractivity contribution in [1.29, 1.82) is 0 Å². The minimum atomic E-state index is -3.45. The highest BCUT2D eigenvalue weighted by molar-refractivity contribution is 7.91. The highest BCUT2D eigenvalue weighted by Gasteiger charge is 2.33. The maximum atomic E-state index is 12.5. The first-order valence-corrected chi connectivity index (χ1v) is 9.55. The van der Waals surface area contributed by atoms with Gasteiger partial charge in [0.1, 0.15) is 4.21 Å². The summed E-state index contributed by atoms with van der Waals surface area (Å²) < 4.78 is 33.5. The van der Waals surface area contributed by atoms with Crippen LogP contribution in [0.25, 0.3) is 0 Å². The molecule has 0 atom stereocenters. The van der Waals surface area contributed by atoms with E-state index >= 15 is 0 Å². The molecule has 2 rings (SSSR count). The Bertz CT molecular complexity index is 561. The van der Waals surface area contributed by atoms with Crippen molar-refractivity contribution in [2.45, 2.75) is 55.9 Å². The van der Waals surface area contributed by atoms with Crippen LogP contribution in [0.3, 0.4) is 0 Å². The van der Waals surface area contributed by atoms with Gasteiger partial charge in [0.15, 0.2) is 0 Å². The fourth-order valence-electron chi connectivity index (χ4n) is 2.20. The fraction of sp³-hybridized carbons (Fsp3) is 0.714. The van der Waals surface area contributed by atoms with Crippen molar-refractivity contribution >= 4 is 21.4 Å². The lowest BCUT2D eigenvalue weighted by molar-refractivity contribution is 0.0538. The molecule has 1 saturated heterocycles. The third kappa shape index (κ3) is 4.75. The molecule has 0 bridgehead atoms. The first kappa shape index (κ1) is 16.9. The summed E-state index contributed by atoms with van der Waals surface area (Å²) in [5, 5.41) is 3.29. The van der Waals surface area contributed by atoms with Crippen molar-refractivity contribution in [3.8, 4) is 0 Å². The van der Waals surface area contributed by atoms with E-state index in [2.05, 4.69) is 23.9 Å². The van der Waals surface area contributed by atoms with Crippen LogP contribution in [0.4, 0.5) is 0 Å². The van der Waals surface area contributed by atoms with Crippen molar-refractivity contribution in [3.05, 3.63) is 17.0 Å². The zero-order valence-electron chi connectivity index (χ0n) is 12.8. The molecule has 1 aromatic heterocycles. The molecular weight excluding hydrogens is 308 g/mol. The summed E-state index contributed by atoms with van der Waals surface area (Å²) in [6.07, 6.45) is 1.42. The molecule has 1 aliphatic rings. The van der Waals surface area contributed by atoms with Gasteiger partial charge in [0.05, 0.1) is 0 Å². The van der Waals surface area contributed by atoms with E-state index in [1.165, 1.54) is 11.3 Å². The van der Waals surface area contributed by atoms with Gasteiger partial charge in [-0.3, -0.25) is 0 Å². The second kappa shape index (κ2) is 6.75. The number of sulfonamides is 1. The van der Waals surface area contributed by atoms with Gasteiger partial charge in [0, 0.05) is 36.2 Å². The first-order valence-electron chi connectivity index (χ1n) is 7.25. The Morgan fingerprint density at radius 1 is 1.33 bits per heavy atom. The minimum absolute atomic E-state index is 0.381. The fourth-order valence-corrected chi connectivity index (χ4v) is 4.97. The number of ether oxygens (including phenoxy) is 1. The van der Waals surface area contributed by atoms with Crippen molar-refractivity contribution in [1.82, 2.24) is 10.0 Å². The molecular formula is C14H24N2O3S2. The van der Waals surface area contributed by atoms with Gasteiger partial charge in [-0.2, -0.15) is 0 Å². The molecule has 2 heterocycles. The predicted molar refractivity (Wildman–Crippen MR) is 85.1 cm³/mol. The normalized spacial score (nSPS) is 19.0. The third-order valence-corrected chi connectivity index (χ3v) is 6.78. The SMILES string of the molecule is CC(C)NCc1ccc(S(=O)(=O)NC2(C)CCOCC2)s1. The maximum absolute atomic E-state index is 12.5. The summed E-state index contributed by atoms with van der Waals surface area (Å²) in [7, 11) is -3.45. The summed E-state index contributed by atoms with van der Waals surface area (Å²) in [6.45, 7) is 7.99. The smallest absolute Gasteiger partial charge is 0.250 e. The van der Waals surface area contributed by atoms with Crippen LogP contribution in [-0.2, 0) is 21.3 Å². The van der Waals surface area contributed by atoms with Crippen molar-refractivity contribution in [2.24, 2.45) is 0 Å². The standard InChI is InChI=1S/C14H24N2O3S2/c1-11(2)15-10-12-4-5-13(20-12)21(17,18)16-14(3)6-8-19-9-7-14/h4-5,11,15-16H,6-10H2,1-3H3. The van der Waals surface area contributed by atoms with E-state index in [1.807, 2.05) is 13.0 Å². The van der Waals surface area contributed by atoms with E-state index in [-0.39, 0.29) is 0 Å². The molecule has 0 aliphatic carbocycles. The molecule has 0 amide bonds. The van der Waals surface area contributed by atoms with Gasteiger partial charge in [-0.25, -0.2) is 13.1 Å². The van der Waals surface area contributed by atoms with Gasteiger partial charge < -0.3 is 10.1 Å². The molecule has 1 aliphatic heterocycles. The molecule has 0 spiro atoms. The molecule has 5 nitrogen and oxygen atoms in total. The Morgan fingerprint density at radius 3 is 2.62 bits per heavy atom. The molecule has 1 aromatic rings. The monoisotopic (exact) mass is 332 g/mol. The molecule has 0 aromatic carbocycles. The second-order valence-corrected chi connectivity index (χ2v) is 9.11. The lowest BCUT2D eigenvalue weighted by atomic mass is 9.94. The largest absolute Gasteiger partial charge is 0.381 e. The van der Waals surface area contributed by atoms with E-state index in [4.69, 9.17) is 4.74 Å². The number of thiophene rings is 1. The van der Waals surface area contributed by atoms with Crippen LogP contribution >= 0.6 is 11.3 Å². The number of rotatable bonds is 6. The molecule has 2 N–H and O–H groups in total. The lowest BCUT2D eigenvalue weighted by Gasteiger charge is -2.33. The summed E-state index contributed by atoms with van der Waals surface area (Å²) >= 11 is 1.32. The van der Waals surface area contributed by atoms with Gasteiger partial charge in [-0.1, -0.05) is 13.8 Å². The van der Waals surface area contributed by atoms with Gasteiger partial charge in [0.2, 0.25) is 0 Å². The van der Waals surface area contributed by atoms with Crippen molar-refractivity contribution in [3.63, 3.8) is 0 Å². The average Bonchev–Trinajstić information content (AvgIpc) is 2.85. The summed E-state index contributed by atoms with van der Waals surface area (Å²) in [5.74, 6) is 0. The Labute approximate surface area is 131 Å². The third-order valence-electron chi connectivity index (χ3n) is 3.56. The van der Waals surface area contributed by atoms with Crippen LogP contribution in [0, 0.1) is 0 Å². The Kier molecular flexibility index (Phi) is 5.43. The Hall–Kier alpha value is -0.470. The summed E-state index contributed by atoms with van der Waals surface area (Å²) in [4.78, 5) is 1.03. The quantitative estimate of drug-likeness (QED) is 0.837. The second-order valence-electron chi connectivity index (χ2n) is 6.03. The van der Waals surface area contributed by atoms with E-state index in [1.54, 1.807) is 6.07 Å². The maximum Gasteiger partial charge on any atom is 0.250 e. The Balaban J connectivity index is 2.05. The van der Waals surface area contributed by atoms with Gasteiger partial charge in [-0.15, -0.1) is 11.3 Å². The topological polar surface area (TPSA) is 67.4 Å². The highest BCUT2D eigenvalue weighted by Crippen LogP contribution is 2.26. The lowest BCUT2D eigenvalue weighted by Crippen LogP contribution is -2.49. The summed E-state index contributed by atoms with van der Waals surface area (Å²) in [6, 6.07) is 3.94. The Morgan fingerprint density at radius 2 is 2.00 bits per heavy atom. The van der Waals surface area contributed by atoms with Gasteiger partial charge in [0.25, 0.3) is 10.0 Å².